The van der Waals surface area contributed by atoms with E-state index in [0.29, 0.717) is 4.47 Å². The number of rotatable bonds is 2. The number of nitro groups is 1. The number of urea groups is 1. The van der Waals surface area contributed by atoms with Gasteiger partial charge in [-0.25, -0.2) is 4.79 Å². The van der Waals surface area contributed by atoms with Crippen molar-refractivity contribution < 1.29 is 9.72 Å². The highest BCUT2D eigenvalue weighted by Gasteiger charge is 2.19. The number of halogens is 1. The minimum Gasteiger partial charge on any atom is -0.333 e. The third kappa shape index (κ3) is 5.38. The molecule has 1 aromatic carbocycles. The van der Waals surface area contributed by atoms with Crippen LogP contribution in [0.15, 0.2) is 22.7 Å². The SMILES string of the molecule is CC(C)(C)NC(=O)NC(=N)Nc1c(Br)cccc1[N+](=O)[O-]. The Labute approximate surface area is 130 Å². The predicted molar refractivity (Wildman–Crippen MR) is 83.6 cm³/mol. The number of carbonyl (C=O) groups is 1. The van der Waals surface area contributed by atoms with E-state index < -0.39 is 16.5 Å². The third-order valence-electron chi connectivity index (χ3n) is 2.17. The van der Waals surface area contributed by atoms with Crippen LogP contribution in [0.25, 0.3) is 0 Å². The lowest BCUT2D eigenvalue weighted by atomic mass is 10.1. The molecule has 4 N–H and O–H groups in total. The molecule has 0 radical (unpaired) electrons. The minimum absolute atomic E-state index is 0.101. The van der Waals surface area contributed by atoms with Crippen molar-refractivity contribution in [1.29, 1.82) is 5.41 Å². The van der Waals surface area contributed by atoms with E-state index in [1.165, 1.54) is 12.1 Å². The molecule has 0 saturated heterocycles. The Balaban J connectivity index is 2.81. The summed E-state index contributed by atoms with van der Waals surface area (Å²) >= 11 is 3.17. The Kier molecular flexibility index (Phi) is 5.25. The molecule has 0 aliphatic heterocycles. The number of para-hydroxylation sites is 1. The Hall–Kier alpha value is -2.16. The molecule has 9 heteroatoms. The lowest BCUT2D eigenvalue weighted by Gasteiger charge is -2.21. The van der Waals surface area contributed by atoms with Gasteiger partial charge < -0.3 is 10.6 Å². The first-order chi connectivity index (χ1) is 9.60. The number of anilines is 1. The number of hydrogen-bond donors (Lipinski definition) is 4. The van der Waals surface area contributed by atoms with Crippen molar-refractivity contribution >= 4 is 39.3 Å². The highest BCUT2D eigenvalue weighted by molar-refractivity contribution is 9.10. The number of carbonyl (C=O) groups excluding carboxylic acids is 1. The van der Waals surface area contributed by atoms with Gasteiger partial charge in [0.1, 0.15) is 5.69 Å². The minimum atomic E-state index is -0.574. The first-order valence-corrected chi connectivity index (χ1v) is 6.77. The summed E-state index contributed by atoms with van der Waals surface area (Å²) in [6.07, 6.45) is 0. The number of nitrogens with one attached hydrogen (secondary N) is 4. The second-order valence-corrected chi connectivity index (χ2v) is 6.07. The van der Waals surface area contributed by atoms with Gasteiger partial charge in [-0.3, -0.25) is 20.8 Å². The predicted octanol–water partition coefficient (Wildman–Crippen LogP) is 2.80. The van der Waals surface area contributed by atoms with Crippen LogP contribution in [0.1, 0.15) is 20.8 Å². The summed E-state index contributed by atoms with van der Waals surface area (Å²) in [6.45, 7) is 5.38. The third-order valence-corrected chi connectivity index (χ3v) is 2.83. The number of guanidine groups is 1. The van der Waals surface area contributed by atoms with Crippen LogP contribution in [0.2, 0.25) is 0 Å². The molecule has 0 spiro atoms. The van der Waals surface area contributed by atoms with E-state index in [1.807, 2.05) is 0 Å². The maximum absolute atomic E-state index is 11.6. The van der Waals surface area contributed by atoms with Gasteiger partial charge in [0.05, 0.1) is 4.92 Å². The lowest BCUT2D eigenvalue weighted by Crippen LogP contribution is -2.49. The van der Waals surface area contributed by atoms with Gasteiger partial charge in [0.15, 0.2) is 0 Å². The average Bonchev–Trinajstić information content (AvgIpc) is 2.28. The highest BCUT2D eigenvalue weighted by Crippen LogP contribution is 2.31. The summed E-state index contributed by atoms with van der Waals surface area (Å²) in [5.74, 6) is -0.369. The topological polar surface area (TPSA) is 120 Å². The number of benzene rings is 1. The Morgan fingerprint density at radius 3 is 2.52 bits per heavy atom. The van der Waals surface area contributed by atoms with Gasteiger partial charge in [-0.2, -0.15) is 0 Å². The average molecular weight is 358 g/mol. The van der Waals surface area contributed by atoms with Crippen LogP contribution in [0.3, 0.4) is 0 Å². The van der Waals surface area contributed by atoms with Crippen LogP contribution in [0.4, 0.5) is 16.2 Å². The second kappa shape index (κ2) is 6.53. The molecule has 21 heavy (non-hydrogen) atoms. The highest BCUT2D eigenvalue weighted by atomic mass is 79.9. The fourth-order valence-corrected chi connectivity index (χ4v) is 1.89. The number of nitro benzene ring substituents is 1. The van der Waals surface area contributed by atoms with Gasteiger partial charge in [-0.15, -0.1) is 0 Å². The van der Waals surface area contributed by atoms with Gasteiger partial charge in [0.2, 0.25) is 5.96 Å². The van der Waals surface area contributed by atoms with Crippen molar-refractivity contribution in [2.75, 3.05) is 5.32 Å². The Bertz CT molecular complexity index is 583. The van der Waals surface area contributed by atoms with Crippen molar-refractivity contribution in [1.82, 2.24) is 10.6 Å². The van der Waals surface area contributed by atoms with Crippen molar-refractivity contribution in [3.05, 3.63) is 32.8 Å². The summed E-state index contributed by atoms with van der Waals surface area (Å²) in [5.41, 5.74) is -0.556. The molecular weight excluding hydrogens is 342 g/mol. The smallest absolute Gasteiger partial charge is 0.321 e. The van der Waals surface area contributed by atoms with Gasteiger partial charge >= 0.3 is 6.03 Å². The molecule has 114 valence electrons. The fraction of sp³-hybridized carbons (Fsp3) is 0.333. The molecule has 0 unspecified atom stereocenters. The largest absolute Gasteiger partial charge is 0.333 e. The second-order valence-electron chi connectivity index (χ2n) is 5.22. The zero-order valence-corrected chi connectivity index (χ0v) is 13.4. The van der Waals surface area contributed by atoms with Crippen molar-refractivity contribution in [3.63, 3.8) is 0 Å². The van der Waals surface area contributed by atoms with Crippen LogP contribution < -0.4 is 16.0 Å². The first-order valence-electron chi connectivity index (χ1n) is 5.98. The van der Waals surface area contributed by atoms with Crippen molar-refractivity contribution in [3.8, 4) is 0 Å². The van der Waals surface area contributed by atoms with Crippen LogP contribution in [-0.2, 0) is 0 Å². The summed E-state index contributed by atoms with van der Waals surface area (Å²) < 4.78 is 0.416. The zero-order valence-electron chi connectivity index (χ0n) is 11.8. The lowest BCUT2D eigenvalue weighted by molar-refractivity contribution is -0.384. The summed E-state index contributed by atoms with van der Waals surface area (Å²) in [7, 11) is 0. The number of hydrogen-bond acceptors (Lipinski definition) is 4. The molecule has 0 aliphatic rings. The summed E-state index contributed by atoms with van der Waals surface area (Å²) in [5, 5.41) is 26.0. The van der Waals surface area contributed by atoms with Crippen molar-refractivity contribution in [2.24, 2.45) is 0 Å². The molecule has 0 fully saturated rings. The van der Waals surface area contributed by atoms with Gasteiger partial charge in [0, 0.05) is 16.1 Å². The molecule has 0 atom stereocenters. The van der Waals surface area contributed by atoms with E-state index in [1.54, 1.807) is 26.8 Å². The monoisotopic (exact) mass is 357 g/mol. The Morgan fingerprint density at radius 2 is 2.00 bits per heavy atom. The van der Waals surface area contributed by atoms with E-state index in [0.717, 1.165) is 0 Å². The quantitative estimate of drug-likeness (QED) is 0.281. The van der Waals surface area contributed by atoms with E-state index in [4.69, 9.17) is 5.41 Å². The number of nitrogens with zero attached hydrogens (tertiary/aromatic N) is 1. The van der Waals surface area contributed by atoms with E-state index in [-0.39, 0.29) is 17.3 Å². The normalized spacial score (nSPS) is 10.7. The maximum atomic E-state index is 11.6. The molecule has 0 saturated carbocycles. The molecule has 1 rings (SSSR count). The molecule has 0 aliphatic carbocycles. The Morgan fingerprint density at radius 1 is 1.38 bits per heavy atom. The fourth-order valence-electron chi connectivity index (χ4n) is 1.43. The molecule has 1 aromatic rings. The molecule has 0 bridgehead atoms. The van der Waals surface area contributed by atoms with Crippen LogP contribution in [0.5, 0.6) is 0 Å². The van der Waals surface area contributed by atoms with Crippen LogP contribution in [-0.4, -0.2) is 22.5 Å². The molecule has 0 aromatic heterocycles. The standard InChI is InChI=1S/C12H16BrN5O3/c1-12(2,3)17-11(19)16-10(14)15-9-7(13)5-4-6-8(9)18(20)21/h4-6H,1-3H3,(H4,14,15,16,17,19). The van der Waals surface area contributed by atoms with Gasteiger partial charge in [-0.1, -0.05) is 6.07 Å². The molecule has 0 heterocycles. The summed E-state index contributed by atoms with van der Waals surface area (Å²) in [6, 6.07) is 3.83. The number of amides is 2. The molecular formula is C12H16BrN5O3. The van der Waals surface area contributed by atoms with Gasteiger partial charge in [0.25, 0.3) is 5.69 Å². The van der Waals surface area contributed by atoms with E-state index in [9.17, 15) is 14.9 Å². The van der Waals surface area contributed by atoms with Crippen LogP contribution >= 0.6 is 15.9 Å². The first kappa shape index (κ1) is 16.9. The molecule has 8 nitrogen and oxygen atoms in total. The summed E-state index contributed by atoms with van der Waals surface area (Å²) in [4.78, 5) is 22.0. The van der Waals surface area contributed by atoms with E-state index >= 15 is 0 Å². The maximum Gasteiger partial charge on any atom is 0.321 e. The van der Waals surface area contributed by atoms with Crippen molar-refractivity contribution in [2.45, 2.75) is 26.3 Å². The van der Waals surface area contributed by atoms with Gasteiger partial charge in [-0.05, 0) is 42.8 Å². The zero-order chi connectivity index (χ0) is 16.2. The molecule has 2 amide bonds. The van der Waals surface area contributed by atoms with Crippen LogP contribution in [0, 0.1) is 15.5 Å². The van der Waals surface area contributed by atoms with E-state index in [2.05, 4.69) is 31.9 Å².